The molecular formula is C19H19N5O2. The third-order valence-corrected chi connectivity index (χ3v) is 3.77. The summed E-state index contributed by atoms with van der Waals surface area (Å²) in [6, 6.07) is 13.3. The molecule has 7 heteroatoms. The number of carbonyl (C=O) groups excluding carboxylic acids is 2. The van der Waals surface area contributed by atoms with E-state index >= 15 is 0 Å². The molecule has 0 fully saturated rings. The minimum atomic E-state index is -0.433. The number of hydrogen-bond donors (Lipinski definition) is 3. The van der Waals surface area contributed by atoms with Crippen LogP contribution in [0.25, 0.3) is 0 Å². The number of nitrogens with zero attached hydrogens (tertiary/aromatic N) is 2. The van der Waals surface area contributed by atoms with Crippen molar-refractivity contribution in [3.8, 4) is 0 Å². The summed E-state index contributed by atoms with van der Waals surface area (Å²) in [4.78, 5) is 35.6. The lowest BCUT2D eigenvalue weighted by molar-refractivity contribution is 0.0911. The van der Waals surface area contributed by atoms with Gasteiger partial charge in [0, 0.05) is 12.7 Å². The highest BCUT2D eigenvalue weighted by atomic mass is 16.2. The molecule has 0 radical (unpaired) electrons. The molecule has 0 unspecified atom stereocenters. The van der Waals surface area contributed by atoms with Gasteiger partial charge in [-0.2, -0.15) is 0 Å². The fraction of sp³-hybridized carbons (Fsp3) is 0.158. The average molecular weight is 349 g/mol. The van der Waals surface area contributed by atoms with Crippen molar-refractivity contribution in [1.29, 1.82) is 0 Å². The van der Waals surface area contributed by atoms with Crippen LogP contribution in [0, 0.1) is 6.92 Å². The van der Waals surface area contributed by atoms with Crippen molar-refractivity contribution in [2.24, 2.45) is 0 Å². The Morgan fingerprint density at radius 1 is 1.00 bits per heavy atom. The van der Waals surface area contributed by atoms with E-state index in [9.17, 15) is 9.59 Å². The van der Waals surface area contributed by atoms with Crippen molar-refractivity contribution in [2.75, 3.05) is 0 Å². The lowest BCUT2D eigenvalue weighted by Gasteiger charge is -2.07. The molecule has 0 aliphatic rings. The Bertz CT molecular complexity index is 905. The Morgan fingerprint density at radius 3 is 2.62 bits per heavy atom. The predicted molar refractivity (Wildman–Crippen MR) is 96.3 cm³/mol. The first-order valence-corrected chi connectivity index (χ1v) is 8.18. The maximum atomic E-state index is 12.4. The van der Waals surface area contributed by atoms with Crippen molar-refractivity contribution < 1.29 is 9.59 Å². The summed E-state index contributed by atoms with van der Waals surface area (Å²) in [5, 5.41) is 5.51. The van der Waals surface area contributed by atoms with Gasteiger partial charge in [-0.1, -0.05) is 35.9 Å². The topological polar surface area (TPSA) is 99.8 Å². The fourth-order valence-corrected chi connectivity index (χ4v) is 2.49. The Balaban J connectivity index is 1.61. The molecule has 7 nitrogen and oxygen atoms in total. The molecule has 3 N–H and O–H groups in total. The first-order chi connectivity index (χ1) is 12.6. The molecule has 0 bridgehead atoms. The highest BCUT2D eigenvalue weighted by molar-refractivity contribution is 6.04. The minimum Gasteiger partial charge on any atom is -0.347 e. The molecule has 2 amide bonds. The van der Waals surface area contributed by atoms with Crippen LogP contribution in [-0.4, -0.2) is 26.8 Å². The summed E-state index contributed by atoms with van der Waals surface area (Å²) in [6.07, 6.45) is 2.98. The summed E-state index contributed by atoms with van der Waals surface area (Å²) in [6.45, 7) is 2.62. The number of aryl methyl sites for hydroxylation is 1. The van der Waals surface area contributed by atoms with E-state index in [-0.39, 0.29) is 23.8 Å². The number of aromatic amines is 1. The summed E-state index contributed by atoms with van der Waals surface area (Å²) in [5.41, 5.74) is 3.02. The van der Waals surface area contributed by atoms with Crippen molar-refractivity contribution in [1.82, 2.24) is 25.6 Å². The smallest absolute Gasteiger partial charge is 0.272 e. The number of nitrogens with one attached hydrogen (secondary N) is 3. The van der Waals surface area contributed by atoms with Crippen LogP contribution < -0.4 is 10.6 Å². The normalized spacial score (nSPS) is 10.3. The third kappa shape index (κ3) is 4.32. The Morgan fingerprint density at radius 2 is 1.85 bits per heavy atom. The number of H-pyrrole nitrogens is 1. The van der Waals surface area contributed by atoms with Gasteiger partial charge < -0.3 is 15.6 Å². The van der Waals surface area contributed by atoms with E-state index in [1.165, 1.54) is 6.33 Å². The van der Waals surface area contributed by atoms with Gasteiger partial charge in [0.1, 0.15) is 5.69 Å². The number of amides is 2. The van der Waals surface area contributed by atoms with Crippen LogP contribution in [0.15, 0.2) is 55.0 Å². The molecule has 0 saturated carbocycles. The first-order valence-electron chi connectivity index (χ1n) is 8.18. The molecule has 1 aromatic carbocycles. The van der Waals surface area contributed by atoms with E-state index < -0.39 is 5.91 Å². The Kier molecular flexibility index (Phi) is 5.38. The Hall–Kier alpha value is -3.48. The second-order valence-corrected chi connectivity index (χ2v) is 5.80. The zero-order valence-corrected chi connectivity index (χ0v) is 14.3. The summed E-state index contributed by atoms with van der Waals surface area (Å²) < 4.78 is 0. The van der Waals surface area contributed by atoms with E-state index in [4.69, 9.17) is 0 Å². The number of pyridine rings is 1. The SMILES string of the molecule is Cc1cccc(CNC(=O)c2[nH]cnc2C(=O)NCc2ccccn2)c1. The maximum absolute atomic E-state index is 12.4. The van der Waals surface area contributed by atoms with Gasteiger partial charge in [0.25, 0.3) is 11.8 Å². The van der Waals surface area contributed by atoms with Crippen LogP contribution in [0.1, 0.15) is 37.8 Å². The van der Waals surface area contributed by atoms with Crippen molar-refractivity contribution >= 4 is 11.8 Å². The molecule has 132 valence electrons. The van der Waals surface area contributed by atoms with Gasteiger partial charge in [-0.05, 0) is 24.6 Å². The quantitative estimate of drug-likeness (QED) is 0.633. The molecule has 0 saturated heterocycles. The van der Waals surface area contributed by atoms with Crippen LogP contribution in [-0.2, 0) is 13.1 Å². The van der Waals surface area contributed by atoms with Crippen LogP contribution in [0.4, 0.5) is 0 Å². The predicted octanol–water partition coefficient (Wildman–Crippen LogP) is 1.97. The molecule has 0 aliphatic heterocycles. The van der Waals surface area contributed by atoms with Gasteiger partial charge in [0.15, 0.2) is 5.69 Å². The van der Waals surface area contributed by atoms with Crippen molar-refractivity contribution in [3.63, 3.8) is 0 Å². The van der Waals surface area contributed by atoms with Crippen LogP contribution in [0.3, 0.4) is 0 Å². The van der Waals surface area contributed by atoms with Crippen molar-refractivity contribution in [3.05, 3.63) is 83.2 Å². The van der Waals surface area contributed by atoms with Gasteiger partial charge in [0.2, 0.25) is 0 Å². The van der Waals surface area contributed by atoms with E-state index in [2.05, 4.69) is 25.6 Å². The second-order valence-electron chi connectivity index (χ2n) is 5.80. The summed E-state index contributed by atoms with van der Waals surface area (Å²) in [5.74, 6) is -0.815. The number of rotatable bonds is 6. The summed E-state index contributed by atoms with van der Waals surface area (Å²) >= 11 is 0. The molecule has 2 aromatic heterocycles. The summed E-state index contributed by atoms with van der Waals surface area (Å²) in [7, 11) is 0. The first kappa shape index (κ1) is 17.3. The lowest BCUT2D eigenvalue weighted by Crippen LogP contribution is -2.29. The third-order valence-electron chi connectivity index (χ3n) is 3.77. The van der Waals surface area contributed by atoms with E-state index in [1.54, 1.807) is 18.3 Å². The highest BCUT2D eigenvalue weighted by Gasteiger charge is 2.20. The van der Waals surface area contributed by atoms with Crippen molar-refractivity contribution in [2.45, 2.75) is 20.0 Å². The number of aromatic nitrogens is 3. The fourth-order valence-electron chi connectivity index (χ4n) is 2.49. The molecule has 3 rings (SSSR count). The van der Waals surface area contributed by atoms with E-state index in [0.717, 1.165) is 16.8 Å². The zero-order valence-electron chi connectivity index (χ0n) is 14.3. The maximum Gasteiger partial charge on any atom is 0.272 e. The number of benzene rings is 1. The molecule has 0 aliphatic carbocycles. The van der Waals surface area contributed by atoms with Gasteiger partial charge in [0.05, 0.1) is 18.6 Å². The number of hydrogen-bond acceptors (Lipinski definition) is 4. The lowest BCUT2D eigenvalue weighted by atomic mass is 10.1. The Labute approximate surface area is 150 Å². The number of carbonyl (C=O) groups is 2. The average Bonchev–Trinajstić information content (AvgIpc) is 3.15. The molecule has 0 atom stereocenters. The van der Waals surface area contributed by atoms with Gasteiger partial charge >= 0.3 is 0 Å². The standard InChI is InChI=1S/C19H19N5O2/c1-13-5-4-6-14(9-13)10-21-18(25)16-17(24-12-23-16)19(26)22-11-15-7-2-3-8-20-15/h2-9,12H,10-11H2,1H3,(H,21,25)(H,22,26)(H,23,24). The van der Waals surface area contributed by atoms with Crippen LogP contribution >= 0.6 is 0 Å². The van der Waals surface area contributed by atoms with Gasteiger partial charge in [-0.15, -0.1) is 0 Å². The van der Waals surface area contributed by atoms with Gasteiger partial charge in [-0.25, -0.2) is 4.98 Å². The molecule has 3 aromatic rings. The van der Waals surface area contributed by atoms with Crippen LogP contribution in [0.5, 0.6) is 0 Å². The number of imidazole rings is 1. The largest absolute Gasteiger partial charge is 0.347 e. The minimum absolute atomic E-state index is 0.0580. The molecule has 2 heterocycles. The molecular weight excluding hydrogens is 330 g/mol. The van der Waals surface area contributed by atoms with Crippen LogP contribution in [0.2, 0.25) is 0 Å². The highest BCUT2D eigenvalue weighted by Crippen LogP contribution is 2.06. The second kappa shape index (κ2) is 8.06. The molecule has 0 spiro atoms. The molecule has 26 heavy (non-hydrogen) atoms. The monoisotopic (exact) mass is 349 g/mol. The van der Waals surface area contributed by atoms with Gasteiger partial charge in [-0.3, -0.25) is 14.6 Å². The van der Waals surface area contributed by atoms with E-state index in [0.29, 0.717) is 6.54 Å². The van der Waals surface area contributed by atoms with E-state index in [1.807, 2.05) is 37.3 Å². The zero-order chi connectivity index (χ0) is 18.4.